The first-order chi connectivity index (χ1) is 16.1. The van der Waals surface area contributed by atoms with E-state index in [0.29, 0.717) is 11.4 Å². The van der Waals surface area contributed by atoms with Crippen LogP contribution >= 0.6 is 0 Å². The number of nitriles is 1. The molecule has 0 aliphatic heterocycles. The number of aryl methyl sites for hydroxylation is 1. The van der Waals surface area contributed by atoms with Crippen LogP contribution in [0.5, 0.6) is 0 Å². The van der Waals surface area contributed by atoms with Gasteiger partial charge >= 0.3 is 0 Å². The number of fused-ring (bicyclic) bond motifs is 2. The molecule has 3 aromatic carbocycles. The van der Waals surface area contributed by atoms with E-state index in [4.69, 9.17) is 0 Å². The van der Waals surface area contributed by atoms with E-state index in [0.717, 1.165) is 38.8 Å². The van der Waals surface area contributed by atoms with Gasteiger partial charge < -0.3 is 14.9 Å². The number of aromatic amines is 1. The lowest BCUT2D eigenvalue weighted by Crippen LogP contribution is -2.18. The second-order valence-corrected chi connectivity index (χ2v) is 7.92. The van der Waals surface area contributed by atoms with Gasteiger partial charge in [0, 0.05) is 28.4 Å². The highest BCUT2D eigenvalue weighted by molar-refractivity contribution is 5.99. The van der Waals surface area contributed by atoms with Crippen molar-refractivity contribution in [1.82, 2.24) is 14.5 Å². The van der Waals surface area contributed by atoms with Crippen LogP contribution in [0.4, 0.5) is 5.69 Å². The Labute approximate surface area is 190 Å². The van der Waals surface area contributed by atoms with Crippen molar-refractivity contribution >= 4 is 45.2 Å². The molecule has 0 atom stereocenters. The number of benzene rings is 3. The van der Waals surface area contributed by atoms with Crippen molar-refractivity contribution in [3.8, 4) is 6.07 Å². The fourth-order valence-corrected chi connectivity index (χ4v) is 3.96. The van der Waals surface area contributed by atoms with E-state index in [9.17, 15) is 10.1 Å². The number of H-pyrrole nitrogens is 1. The molecule has 1 amide bonds. The SMILES string of the molecule is Cc1ccc2nc(/C(C#N)=C\c3cn(CC(=O)Nc4ccccc4)c4ccccc34)[nH]c2c1. The summed E-state index contributed by atoms with van der Waals surface area (Å²) in [5.74, 6) is 0.405. The average Bonchev–Trinajstić information content (AvgIpc) is 3.39. The summed E-state index contributed by atoms with van der Waals surface area (Å²) >= 11 is 0. The van der Waals surface area contributed by atoms with Gasteiger partial charge in [0.05, 0.1) is 16.6 Å². The first-order valence-electron chi connectivity index (χ1n) is 10.6. The van der Waals surface area contributed by atoms with E-state index in [2.05, 4.69) is 21.4 Å². The van der Waals surface area contributed by atoms with Crippen molar-refractivity contribution in [3.63, 3.8) is 0 Å². The van der Waals surface area contributed by atoms with Crippen LogP contribution in [0.25, 0.3) is 33.6 Å². The second kappa shape index (κ2) is 8.48. The zero-order chi connectivity index (χ0) is 22.8. The van der Waals surface area contributed by atoms with Gasteiger partial charge in [-0.15, -0.1) is 0 Å². The minimum Gasteiger partial charge on any atom is -0.337 e. The number of imidazole rings is 1. The number of hydrogen-bond donors (Lipinski definition) is 2. The van der Waals surface area contributed by atoms with Gasteiger partial charge in [-0.3, -0.25) is 4.79 Å². The largest absolute Gasteiger partial charge is 0.337 e. The number of carbonyl (C=O) groups excluding carboxylic acids is 1. The van der Waals surface area contributed by atoms with Crippen LogP contribution in [-0.2, 0) is 11.3 Å². The maximum Gasteiger partial charge on any atom is 0.244 e. The number of aromatic nitrogens is 3. The minimum atomic E-state index is -0.120. The number of nitrogens with zero attached hydrogens (tertiary/aromatic N) is 3. The standard InChI is InChI=1S/C27H21N5O/c1-18-11-12-23-24(13-18)31-27(30-23)19(15-28)14-20-16-32(25-10-6-5-9-22(20)25)17-26(33)29-21-7-3-2-4-8-21/h2-14,16H,17H2,1H3,(H,29,33)(H,30,31)/b19-14-. The van der Waals surface area contributed by atoms with Crippen LogP contribution in [0.3, 0.4) is 0 Å². The number of carbonyl (C=O) groups is 1. The summed E-state index contributed by atoms with van der Waals surface area (Å²) in [7, 11) is 0. The summed E-state index contributed by atoms with van der Waals surface area (Å²) in [5, 5.41) is 13.7. The topological polar surface area (TPSA) is 86.5 Å². The maximum absolute atomic E-state index is 12.6. The Morgan fingerprint density at radius 3 is 2.73 bits per heavy atom. The van der Waals surface area contributed by atoms with E-state index in [1.807, 2.05) is 96.6 Å². The van der Waals surface area contributed by atoms with Crippen LogP contribution in [0.1, 0.15) is 17.0 Å². The van der Waals surface area contributed by atoms with Gasteiger partial charge in [0.1, 0.15) is 18.4 Å². The second-order valence-electron chi connectivity index (χ2n) is 7.92. The summed E-state index contributed by atoms with van der Waals surface area (Å²) in [4.78, 5) is 20.5. The first kappa shape index (κ1) is 20.3. The number of anilines is 1. The van der Waals surface area contributed by atoms with Gasteiger partial charge in [-0.2, -0.15) is 5.26 Å². The van der Waals surface area contributed by atoms with E-state index in [1.54, 1.807) is 0 Å². The molecule has 33 heavy (non-hydrogen) atoms. The van der Waals surface area contributed by atoms with Gasteiger partial charge in [0.2, 0.25) is 5.91 Å². The smallest absolute Gasteiger partial charge is 0.244 e. The van der Waals surface area contributed by atoms with Crippen molar-refractivity contribution in [2.45, 2.75) is 13.5 Å². The van der Waals surface area contributed by atoms with Crippen LogP contribution in [0, 0.1) is 18.3 Å². The number of rotatable bonds is 5. The van der Waals surface area contributed by atoms with Gasteiger partial charge in [-0.25, -0.2) is 4.98 Å². The fourth-order valence-electron chi connectivity index (χ4n) is 3.96. The van der Waals surface area contributed by atoms with Crippen LogP contribution < -0.4 is 5.32 Å². The van der Waals surface area contributed by atoms with Crippen molar-refractivity contribution < 1.29 is 4.79 Å². The Hall–Kier alpha value is -4.63. The number of para-hydroxylation sites is 2. The van der Waals surface area contributed by atoms with Crippen molar-refractivity contribution in [3.05, 3.63) is 95.9 Å². The predicted molar refractivity (Wildman–Crippen MR) is 131 cm³/mol. The Kier molecular flexibility index (Phi) is 5.21. The van der Waals surface area contributed by atoms with E-state index in [1.165, 1.54) is 0 Å². The van der Waals surface area contributed by atoms with Crippen LogP contribution in [0.2, 0.25) is 0 Å². The molecule has 2 heterocycles. The minimum absolute atomic E-state index is 0.120. The molecule has 6 heteroatoms. The Morgan fingerprint density at radius 2 is 1.91 bits per heavy atom. The highest BCUT2D eigenvalue weighted by Crippen LogP contribution is 2.26. The molecule has 0 radical (unpaired) electrons. The monoisotopic (exact) mass is 431 g/mol. The van der Waals surface area contributed by atoms with Gasteiger partial charge in [-0.1, -0.05) is 42.5 Å². The zero-order valence-corrected chi connectivity index (χ0v) is 18.0. The lowest BCUT2D eigenvalue weighted by molar-refractivity contribution is -0.116. The normalized spacial score (nSPS) is 11.6. The molecular formula is C27H21N5O. The molecule has 6 nitrogen and oxygen atoms in total. The molecule has 2 N–H and O–H groups in total. The first-order valence-corrected chi connectivity index (χ1v) is 10.6. The number of nitrogens with one attached hydrogen (secondary N) is 2. The van der Waals surface area contributed by atoms with Crippen molar-refractivity contribution in [2.24, 2.45) is 0 Å². The molecular weight excluding hydrogens is 410 g/mol. The highest BCUT2D eigenvalue weighted by atomic mass is 16.1. The van der Waals surface area contributed by atoms with E-state index in [-0.39, 0.29) is 12.5 Å². The van der Waals surface area contributed by atoms with Gasteiger partial charge in [0.25, 0.3) is 0 Å². The Morgan fingerprint density at radius 1 is 1.12 bits per heavy atom. The summed E-state index contributed by atoms with van der Waals surface area (Å²) < 4.78 is 1.90. The number of allylic oxidation sites excluding steroid dienone is 1. The summed E-state index contributed by atoms with van der Waals surface area (Å²) in [6.07, 6.45) is 3.72. The third kappa shape index (κ3) is 4.12. The zero-order valence-electron chi connectivity index (χ0n) is 18.0. The molecule has 0 aliphatic carbocycles. The highest BCUT2D eigenvalue weighted by Gasteiger charge is 2.13. The molecule has 0 bridgehead atoms. The molecule has 0 unspecified atom stereocenters. The fraction of sp³-hybridized carbons (Fsp3) is 0.0741. The summed E-state index contributed by atoms with van der Waals surface area (Å²) in [5.41, 5.74) is 5.79. The molecule has 0 spiro atoms. The van der Waals surface area contributed by atoms with Crippen LogP contribution in [-0.4, -0.2) is 20.4 Å². The third-order valence-electron chi connectivity index (χ3n) is 5.50. The molecule has 5 aromatic rings. The molecule has 0 saturated carbocycles. The van der Waals surface area contributed by atoms with Crippen molar-refractivity contribution in [2.75, 3.05) is 5.32 Å². The quantitative estimate of drug-likeness (QED) is 0.359. The molecule has 5 rings (SSSR count). The number of hydrogen-bond acceptors (Lipinski definition) is 3. The molecule has 2 aromatic heterocycles. The molecule has 0 aliphatic rings. The maximum atomic E-state index is 12.6. The van der Waals surface area contributed by atoms with E-state index >= 15 is 0 Å². The van der Waals surface area contributed by atoms with Crippen molar-refractivity contribution in [1.29, 1.82) is 5.26 Å². The Balaban J connectivity index is 1.50. The lowest BCUT2D eigenvalue weighted by atomic mass is 10.1. The van der Waals surface area contributed by atoms with Gasteiger partial charge in [0.15, 0.2) is 0 Å². The summed E-state index contributed by atoms with van der Waals surface area (Å²) in [6.45, 7) is 2.18. The molecule has 0 saturated heterocycles. The molecule has 160 valence electrons. The predicted octanol–water partition coefficient (Wildman–Crippen LogP) is 5.53. The van der Waals surface area contributed by atoms with Crippen LogP contribution in [0.15, 0.2) is 79.0 Å². The lowest BCUT2D eigenvalue weighted by Gasteiger charge is -2.07. The third-order valence-corrected chi connectivity index (χ3v) is 5.50. The number of amides is 1. The summed E-state index contributed by atoms with van der Waals surface area (Å²) in [6, 6.07) is 25.4. The molecule has 0 fully saturated rings. The van der Waals surface area contributed by atoms with Gasteiger partial charge in [-0.05, 0) is 48.9 Å². The van der Waals surface area contributed by atoms with E-state index < -0.39 is 0 Å². The Bertz CT molecular complexity index is 1550. The average molecular weight is 431 g/mol.